The molecule has 0 spiro atoms. The number of hydrogen-bond acceptors (Lipinski definition) is 5. The first-order valence-corrected chi connectivity index (χ1v) is 10.8. The van der Waals surface area contributed by atoms with Gasteiger partial charge in [-0.05, 0) is 56.5 Å². The predicted molar refractivity (Wildman–Crippen MR) is 141 cm³/mol. The van der Waals surface area contributed by atoms with Crippen LogP contribution in [0.2, 0.25) is 0 Å². The summed E-state index contributed by atoms with van der Waals surface area (Å²) in [6.45, 7) is 7.40. The average Bonchev–Trinajstić information content (AvgIpc) is 2.79. The number of phenols is 1. The standard InChI is InChI=1S/C24H34N4O3.HI/c1-5-25-24(26-15-18-13-21(30-3)23(29)22(14-18)31-4)27-19-7-6-12-28(16-19)20-10-8-17(2)9-11-20;/h8-11,13-14,19,29H,5-7,12,15-16H2,1-4H3,(H2,25,26,27);1H. The average molecular weight is 554 g/mol. The summed E-state index contributed by atoms with van der Waals surface area (Å²) >= 11 is 0. The van der Waals surface area contributed by atoms with Crippen molar-refractivity contribution in [1.29, 1.82) is 0 Å². The second-order valence-electron chi connectivity index (χ2n) is 7.81. The third kappa shape index (κ3) is 6.82. The number of phenolic OH excluding ortho intramolecular Hbond substituents is 1. The van der Waals surface area contributed by atoms with E-state index < -0.39 is 0 Å². The molecule has 3 rings (SSSR count). The SMILES string of the molecule is CCNC(=NCc1cc(OC)c(O)c(OC)c1)NC1CCCN(c2ccc(C)cc2)C1.I. The monoisotopic (exact) mass is 554 g/mol. The molecular formula is C24H35IN4O3. The van der Waals surface area contributed by atoms with Crippen LogP contribution in [0.5, 0.6) is 17.2 Å². The van der Waals surface area contributed by atoms with Gasteiger partial charge in [0.1, 0.15) is 0 Å². The molecule has 0 aromatic heterocycles. The van der Waals surface area contributed by atoms with E-state index in [1.54, 1.807) is 12.1 Å². The fourth-order valence-corrected chi connectivity index (χ4v) is 3.81. The number of methoxy groups -OCH3 is 2. The van der Waals surface area contributed by atoms with Crippen LogP contribution in [0.15, 0.2) is 41.4 Å². The number of nitrogens with zero attached hydrogens (tertiary/aromatic N) is 2. The van der Waals surface area contributed by atoms with Crippen LogP contribution < -0.4 is 25.0 Å². The number of rotatable bonds is 7. The van der Waals surface area contributed by atoms with Crippen LogP contribution in [0, 0.1) is 6.92 Å². The number of hydrogen-bond donors (Lipinski definition) is 3. The number of piperidine rings is 1. The van der Waals surface area contributed by atoms with Crippen molar-refractivity contribution in [2.24, 2.45) is 4.99 Å². The van der Waals surface area contributed by atoms with Crippen molar-refractivity contribution in [1.82, 2.24) is 10.6 Å². The Labute approximate surface area is 208 Å². The lowest BCUT2D eigenvalue weighted by Gasteiger charge is -2.35. The Hall–Kier alpha value is -2.36. The van der Waals surface area contributed by atoms with Gasteiger partial charge >= 0.3 is 0 Å². The molecule has 8 heteroatoms. The number of aliphatic imine (C=N–C) groups is 1. The van der Waals surface area contributed by atoms with Gasteiger partial charge in [-0.3, -0.25) is 0 Å². The summed E-state index contributed by atoms with van der Waals surface area (Å²) in [5, 5.41) is 17.0. The zero-order chi connectivity index (χ0) is 22.2. The number of benzene rings is 2. The van der Waals surface area contributed by atoms with Gasteiger partial charge in [-0.25, -0.2) is 4.99 Å². The number of halogens is 1. The topological polar surface area (TPSA) is 78.4 Å². The van der Waals surface area contributed by atoms with E-state index in [9.17, 15) is 5.11 Å². The van der Waals surface area contributed by atoms with Gasteiger partial charge in [-0.15, -0.1) is 24.0 Å². The van der Waals surface area contributed by atoms with E-state index in [4.69, 9.17) is 14.5 Å². The molecule has 1 aliphatic rings. The van der Waals surface area contributed by atoms with Crippen LogP contribution in [0.25, 0.3) is 0 Å². The number of guanidine groups is 1. The van der Waals surface area contributed by atoms with Crippen LogP contribution in [-0.4, -0.2) is 51.0 Å². The van der Waals surface area contributed by atoms with Crippen molar-refractivity contribution in [3.05, 3.63) is 47.5 Å². The molecule has 32 heavy (non-hydrogen) atoms. The molecule has 0 saturated carbocycles. The van der Waals surface area contributed by atoms with Crippen LogP contribution in [0.3, 0.4) is 0 Å². The maximum absolute atomic E-state index is 10.1. The van der Waals surface area contributed by atoms with E-state index in [0.717, 1.165) is 44.0 Å². The fraction of sp³-hybridized carbons (Fsp3) is 0.458. The molecule has 1 heterocycles. The highest BCUT2D eigenvalue weighted by Gasteiger charge is 2.21. The van der Waals surface area contributed by atoms with Crippen molar-refractivity contribution in [2.75, 3.05) is 38.8 Å². The molecule has 0 aliphatic carbocycles. The van der Waals surface area contributed by atoms with Gasteiger partial charge in [-0.2, -0.15) is 0 Å². The minimum atomic E-state index is 0. The van der Waals surface area contributed by atoms with Crippen LogP contribution in [0.1, 0.15) is 30.9 Å². The molecule has 1 aliphatic heterocycles. The molecule has 2 aromatic carbocycles. The van der Waals surface area contributed by atoms with Gasteiger partial charge in [0.2, 0.25) is 5.75 Å². The third-order valence-electron chi connectivity index (χ3n) is 5.46. The smallest absolute Gasteiger partial charge is 0.200 e. The largest absolute Gasteiger partial charge is 0.502 e. The van der Waals surface area contributed by atoms with Crippen LogP contribution >= 0.6 is 24.0 Å². The van der Waals surface area contributed by atoms with Gasteiger partial charge in [0.15, 0.2) is 17.5 Å². The molecule has 0 bridgehead atoms. The van der Waals surface area contributed by atoms with E-state index >= 15 is 0 Å². The molecule has 1 saturated heterocycles. The van der Waals surface area contributed by atoms with E-state index in [-0.39, 0.29) is 29.7 Å². The minimum absolute atomic E-state index is 0. The van der Waals surface area contributed by atoms with Crippen molar-refractivity contribution in [3.8, 4) is 17.2 Å². The van der Waals surface area contributed by atoms with Gasteiger partial charge in [0.25, 0.3) is 0 Å². The molecule has 0 amide bonds. The summed E-state index contributed by atoms with van der Waals surface area (Å²) < 4.78 is 10.5. The molecule has 1 unspecified atom stereocenters. The number of aryl methyl sites for hydroxylation is 1. The van der Waals surface area contributed by atoms with Crippen molar-refractivity contribution in [2.45, 2.75) is 39.3 Å². The minimum Gasteiger partial charge on any atom is -0.502 e. The Morgan fingerprint density at radius 1 is 1.16 bits per heavy atom. The molecule has 176 valence electrons. The highest BCUT2D eigenvalue weighted by Crippen LogP contribution is 2.37. The zero-order valence-electron chi connectivity index (χ0n) is 19.4. The molecule has 1 atom stereocenters. The summed E-state index contributed by atoms with van der Waals surface area (Å²) in [4.78, 5) is 7.18. The van der Waals surface area contributed by atoms with Gasteiger partial charge < -0.3 is 30.1 Å². The maximum atomic E-state index is 10.1. The van der Waals surface area contributed by atoms with Gasteiger partial charge in [-0.1, -0.05) is 17.7 Å². The third-order valence-corrected chi connectivity index (χ3v) is 5.46. The Morgan fingerprint density at radius 2 is 1.81 bits per heavy atom. The highest BCUT2D eigenvalue weighted by molar-refractivity contribution is 14.0. The van der Waals surface area contributed by atoms with E-state index in [2.05, 4.69) is 53.6 Å². The number of aromatic hydroxyl groups is 1. The first-order chi connectivity index (χ1) is 15.0. The first-order valence-electron chi connectivity index (χ1n) is 10.8. The number of ether oxygens (including phenoxy) is 2. The molecule has 7 nitrogen and oxygen atoms in total. The highest BCUT2D eigenvalue weighted by atomic mass is 127. The Balaban J connectivity index is 0.00000363. The summed E-state index contributed by atoms with van der Waals surface area (Å²) in [6.07, 6.45) is 2.24. The second-order valence-corrected chi connectivity index (χ2v) is 7.81. The lowest BCUT2D eigenvalue weighted by Crippen LogP contribution is -2.51. The maximum Gasteiger partial charge on any atom is 0.200 e. The number of nitrogens with one attached hydrogen (secondary N) is 2. The Morgan fingerprint density at radius 3 is 2.41 bits per heavy atom. The molecular weight excluding hydrogens is 519 g/mol. The van der Waals surface area contributed by atoms with Crippen molar-refractivity contribution >= 4 is 35.6 Å². The molecule has 0 radical (unpaired) electrons. The summed E-state index contributed by atoms with van der Waals surface area (Å²) in [5.74, 6) is 1.54. The predicted octanol–water partition coefficient (Wildman–Crippen LogP) is 4.06. The van der Waals surface area contributed by atoms with E-state index in [1.165, 1.54) is 25.5 Å². The van der Waals surface area contributed by atoms with E-state index in [0.29, 0.717) is 24.1 Å². The summed E-state index contributed by atoms with van der Waals surface area (Å²) in [6, 6.07) is 12.6. The van der Waals surface area contributed by atoms with Crippen LogP contribution in [-0.2, 0) is 6.54 Å². The number of anilines is 1. The quantitative estimate of drug-likeness (QED) is 0.272. The molecule has 1 fully saturated rings. The first kappa shape index (κ1) is 25.9. The summed E-state index contributed by atoms with van der Waals surface area (Å²) in [7, 11) is 3.05. The van der Waals surface area contributed by atoms with Crippen molar-refractivity contribution < 1.29 is 14.6 Å². The molecule has 2 aromatic rings. The lowest BCUT2D eigenvalue weighted by atomic mass is 10.0. The fourth-order valence-electron chi connectivity index (χ4n) is 3.81. The molecule has 3 N–H and O–H groups in total. The van der Waals surface area contributed by atoms with Gasteiger partial charge in [0, 0.05) is 31.4 Å². The lowest BCUT2D eigenvalue weighted by molar-refractivity contribution is 0.339. The van der Waals surface area contributed by atoms with E-state index in [1.807, 2.05) is 0 Å². The van der Waals surface area contributed by atoms with Crippen LogP contribution in [0.4, 0.5) is 5.69 Å². The summed E-state index contributed by atoms with van der Waals surface area (Å²) in [5.41, 5.74) is 3.44. The zero-order valence-corrected chi connectivity index (χ0v) is 21.7. The van der Waals surface area contributed by atoms with Gasteiger partial charge in [0.05, 0.1) is 20.8 Å². The Bertz CT molecular complexity index is 864. The second kappa shape index (κ2) is 12.6. The Kier molecular flexibility index (Phi) is 10.2. The van der Waals surface area contributed by atoms with Crippen molar-refractivity contribution in [3.63, 3.8) is 0 Å². The normalized spacial score (nSPS) is 16.2.